The van der Waals surface area contributed by atoms with Gasteiger partial charge in [-0.1, -0.05) is 5.21 Å². The van der Waals surface area contributed by atoms with E-state index >= 15 is 0 Å². The highest BCUT2D eigenvalue weighted by Gasteiger charge is 2.09. The standard InChI is InChI=1S/C11H11FN4O2/c12-10-7-8(1-2-9(10)11(17)18)13-3-5-16-6-4-14-15-16/h1-2,4,6-7,13H,3,5H2,(H,17,18). The summed E-state index contributed by atoms with van der Waals surface area (Å²) in [5.41, 5.74) is 0.189. The van der Waals surface area contributed by atoms with Crippen LogP contribution in [0.4, 0.5) is 10.1 Å². The zero-order valence-electron chi connectivity index (χ0n) is 9.38. The fourth-order valence-corrected chi connectivity index (χ4v) is 1.47. The molecule has 0 atom stereocenters. The van der Waals surface area contributed by atoms with Crippen LogP contribution in [0.15, 0.2) is 30.6 Å². The number of nitrogens with one attached hydrogen (secondary N) is 1. The van der Waals surface area contributed by atoms with Gasteiger partial charge in [0.25, 0.3) is 0 Å². The van der Waals surface area contributed by atoms with Crippen molar-refractivity contribution in [3.63, 3.8) is 0 Å². The molecule has 0 radical (unpaired) electrons. The van der Waals surface area contributed by atoms with E-state index in [-0.39, 0.29) is 5.56 Å². The Kier molecular flexibility index (Phi) is 3.52. The number of rotatable bonds is 5. The number of benzene rings is 1. The Hall–Kier alpha value is -2.44. The van der Waals surface area contributed by atoms with Crippen molar-refractivity contribution in [2.75, 3.05) is 11.9 Å². The van der Waals surface area contributed by atoms with E-state index in [1.807, 2.05) is 0 Å². The van der Waals surface area contributed by atoms with Crippen LogP contribution in [-0.2, 0) is 6.54 Å². The minimum Gasteiger partial charge on any atom is -0.478 e. The lowest BCUT2D eigenvalue weighted by molar-refractivity contribution is 0.0692. The van der Waals surface area contributed by atoms with Gasteiger partial charge in [-0.15, -0.1) is 5.10 Å². The molecule has 1 aromatic heterocycles. The molecule has 0 unspecified atom stereocenters. The van der Waals surface area contributed by atoms with E-state index in [2.05, 4.69) is 15.6 Å². The number of carbonyl (C=O) groups is 1. The zero-order chi connectivity index (χ0) is 13.0. The van der Waals surface area contributed by atoms with Gasteiger partial charge in [0.1, 0.15) is 5.82 Å². The first kappa shape index (κ1) is 12.0. The molecule has 0 fully saturated rings. The number of aromatic nitrogens is 3. The van der Waals surface area contributed by atoms with Crippen molar-refractivity contribution in [2.45, 2.75) is 6.54 Å². The smallest absolute Gasteiger partial charge is 0.338 e. The lowest BCUT2D eigenvalue weighted by Crippen LogP contribution is -2.11. The highest BCUT2D eigenvalue weighted by Crippen LogP contribution is 2.14. The summed E-state index contributed by atoms with van der Waals surface area (Å²) in [6, 6.07) is 3.91. The molecule has 6 nitrogen and oxygen atoms in total. The minimum absolute atomic E-state index is 0.336. The Morgan fingerprint density at radius 1 is 1.50 bits per heavy atom. The van der Waals surface area contributed by atoms with Crippen LogP contribution in [0, 0.1) is 5.82 Å². The molecule has 2 rings (SSSR count). The molecule has 0 saturated carbocycles. The normalized spacial score (nSPS) is 10.3. The van der Waals surface area contributed by atoms with Crippen LogP contribution in [0.5, 0.6) is 0 Å². The summed E-state index contributed by atoms with van der Waals surface area (Å²) in [5.74, 6) is -2.03. The number of halogens is 1. The Morgan fingerprint density at radius 3 is 2.94 bits per heavy atom. The van der Waals surface area contributed by atoms with Crippen LogP contribution in [-0.4, -0.2) is 32.6 Å². The molecule has 0 aliphatic carbocycles. The molecule has 0 bridgehead atoms. The lowest BCUT2D eigenvalue weighted by Gasteiger charge is -2.07. The lowest BCUT2D eigenvalue weighted by atomic mass is 10.2. The summed E-state index contributed by atoms with van der Waals surface area (Å²) in [4.78, 5) is 10.6. The Bertz CT molecular complexity index is 542. The molecule has 0 spiro atoms. The second kappa shape index (κ2) is 5.26. The first-order valence-corrected chi connectivity index (χ1v) is 5.27. The molecule has 1 heterocycles. The number of hydrogen-bond acceptors (Lipinski definition) is 4. The van der Waals surface area contributed by atoms with Crippen LogP contribution < -0.4 is 5.32 Å². The van der Waals surface area contributed by atoms with Crippen LogP contribution in [0.1, 0.15) is 10.4 Å². The topological polar surface area (TPSA) is 80.0 Å². The van der Waals surface area contributed by atoms with Crippen molar-refractivity contribution in [1.29, 1.82) is 0 Å². The zero-order valence-corrected chi connectivity index (χ0v) is 9.38. The van der Waals surface area contributed by atoms with Crippen LogP contribution in [0.2, 0.25) is 0 Å². The molecular formula is C11H11FN4O2. The van der Waals surface area contributed by atoms with Crippen molar-refractivity contribution in [1.82, 2.24) is 15.0 Å². The number of hydrogen-bond donors (Lipinski definition) is 2. The molecule has 2 N–H and O–H groups in total. The van der Waals surface area contributed by atoms with Crippen molar-refractivity contribution < 1.29 is 14.3 Å². The number of carboxylic acid groups (broad SMARTS) is 1. The second-order valence-corrected chi connectivity index (χ2v) is 3.59. The summed E-state index contributed by atoms with van der Waals surface area (Å²) >= 11 is 0. The molecule has 18 heavy (non-hydrogen) atoms. The van der Waals surface area contributed by atoms with Crippen molar-refractivity contribution in [2.24, 2.45) is 0 Å². The van der Waals surface area contributed by atoms with E-state index in [0.29, 0.717) is 18.8 Å². The Labute approximate surface area is 102 Å². The van der Waals surface area contributed by atoms with Gasteiger partial charge < -0.3 is 10.4 Å². The number of nitrogens with zero attached hydrogens (tertiary/aromatic N) is 3. The van der Waals surface area contributed by atoms with Crippen LogP contribution >= 0.6 is 0 Å². The van der Waals surface area contributed by atoms with Crippen LogP contribution in [0.25, 0.3) is 0 Å². The molecule has 2 aromatic rings. The molecule has 94 valence electrons. The summed E-state index contributed by atoms with van der Waals surface area (Å²) in [5, 5.41) is 19.1. The summed E-state index contributed by atoms with van der Waals surface area (Å²) in [6.07, 6.45) is 3.29. The first-order valence-electron chi connectivity index (χ1n) is 5.27. The average molecular weight is 250 g/mol. The fourth-order valence-electron chi connectivity index (χ4n) is 1.47. The van der Waals surface area contributed by atoms with Gasteiger partial charge >= 0.3 is 5.97 Å². The third kappa shape index (κ3) is 2.82. The van der Waals surface area contributed by atoms with Gasteiger partial charge in [0.2, 0.25) is 0 Å². The summed E-state index contributed by atoms with van der Waals surface area (Å²) in [6.45, 7) is 1.12. The average Bonchev–Trinajstić information content (AvgIpc) is 2.81. The Morgan fingerprint density at radius 2 is 2.33 bits per heavy atom. The minimum atomic E-state index is -1.28. The quantitative estimate of drug-likeness (QED) is 0.834. The van der Waals surface area contributed by atoms with E-state index in [0.717, 1.165) is 6.07 Å². The molecule has 7 heteroatoms. The van der Waals surface area contributed by atoms with Gasteiger partial charge in [0, 0.05) is 18.4 Å². The number of aromatic carboxylic acids is 1. The predicted molar refractivity (Wildman–Crippen MR) is 61.9 cm³/mol. The highest BCUT2D eigenvalue weighted by atomic mass is 19.1. The SMILES string of the molecule is O=C(O)c1ccc(NCCn2ccnn2)cc1F. The van der Waals surface area contributed by atoms with E-state index in [1.54, 1.807) is 17.1 Å². The van der Waals surface area contributed by atoms with E-state index < -0.39 is 11.8 Å². The Balaban J connectivity index is 1.94. The summed E-state index contributed by atoms with van der Waals surface area (Å²) < 4.78 is 15.0. The maximum absolute atomic E-state index is 13.4. The van der Waals surface area contributed by atoms with Gasteiger partial charge in [0.05, 0.1) is 18.3 Å². The van der Waals surface area contributed by atoms with Gasteiger partial charge in [-0.2, -0.15) is 0 Å². The third-order valence-corrected chi connectivity index (χ3v) is 2.34. The van der Waals surface area contributed by atoms with E-state index in [4.69, 9.17) is 5.11 Å². The van der Waals surface area contributed by atoms with Crippen molar-refractivity contribution in [3.05, 3.63) is 42.0 Å². The van der Waals surface area contributed by atoms with Gasteiger partial charge in [0.15, 0.2) is 0 Å². The maximum atomic E-state index is 13.4. The largest absolute Gasteiger partial charge is 0.478 e. The van der Waals surface area contributed by atoms with E-state index in [9.17, 15) is 9.18 Å². The monoisotopic (exact) mass is 250 g/mol. The molecule has 0 amide bonds. The van der Waals surface area contributed by atoms with Crippen LogP contribution in [0.3, 0.4) is 0 Å². The predicted octanol–water partition coefficient (Wildman–Crippen LogP) is 1.23. The molecule has 0 aliphatic rings. The first-order chi connectivity index (χ1) is 8.66. The highest BCUT2D eigenvalue weighted by molar-refractivity contribution is 5.88. The van der Waals surface area contributed by atoms with Crippen molar-refractivity contribution >= 4 is 11.7 Å². The molecule has 1 aromatic carbocycles. The molecule has 0 aliphatic heterocycles. The van der Waals surface area contributed by atoms with Crippen molar-refractivity contribution in [3.8, 4) is 0 Å². The summed E-state index contributed by atoms with van der Waals surface area (Å²) in [7, 11) is 0. The number of carboxylic acids is 1. The number of anilines is 1. The fraction of sp³-hybridized carbons (Fsp3) is 0.182. The molecule has 0 saturated heterocycles. The van der Waals surface area contributed by atoms with Gasteiger partial charge in [-0.3, -0.25) is 4.68 Å². The van der Waals surface area contributed by atoms with E-state index in [1.165, 1.54) is 12.1 Å². The third-order valence-electron chi connectivity index (χ3n) is 2.34. The van der Waals surface area contributed by atoms with Gasteiger partial charge in [-0.25, -0.2) is 9.18 Å². The second-order valence-electron chi connectivity index (χ2n) is 3.59. The maximum Gasteiger partial charge on any atom is 0.338 e. The van der Waals surface area contributed by atoms with Gasteiger partial charge in [-0.05, 0) is 18.2 Å². The molecular weight excluding hydrogens is 239 g/mol.